The summed E-state index contributed by atoms with van der Waals surface area (Å²) in [6, 6.07) is 70.9. The Morgan fingerprint density at radius 3 is 1.92 bits per heavy atom. The number of aliphatic imine (C=N–C) groups is 2. The van der Waals surface area contributed by atoms with Gasteiger partial charge in [0.15, 0.2) is 5.84 Å². The topological polar surface area (TPSA) is 34.6 Å². The fourth-order valence-electron chi connectivity index (χ4n) is 10.2. The first-order chi connectivity index (χ1) is 29.2. The van der Waals surface area contributed by atoms with E-state index in [4.69, 9.17) is 9.98 Å². The number of nitrogens with zero attached hydrogens (tertiary/aromatic N) is 4. The van der Waals surface area contributed by atoms with Crippen LogP contribution in [0.15, 0.2) is 204 Å². The van der Waals surface area contributed by atoms with E-state index >= 15 is 0 Å². The average Bonchev–Trinajstić information content (AvgIpc) is 3.80. The van der Waals surface area contributed by atoms with Crippen molar-refractivity contribution in [3.8, 4) is 11.4 Å². The number of benzene rings is 9. The first-order valence-electron chi connectivity index (χ1n) is 20.5. The lowest BCUT2D eigenvalue weighted by Gasteiger charge is -2.32. The highest BCUT2D eigenvalue weighted by Gasteiger charge is 2.37. The van der Waals surface area contributed by atoms with E-state index in [1.54, 1.807) is 0 Å². The van der Waals surface area contributed by atoms with Gasteiger partial charge in [-0.25, -0.2) is 4.99 Å². The second-order valence-corrected chi connectivity index (χ2v) is 16.1. The number of para-hydroxylation sites is 2. The lowest BCUT2D eigenvalue weighted by molar-refractivity contribution is 0.545. The molecule has 4 heteroatoms. The van der Waals surface area contributed by atoms with Crippen molar-refractivity contribution >= 4 is 76.7 Å². The van der Waals surface area contributed by atoms with E-state index in [2.05, 4.69) is 203 Å². The number of hydrogen-bond acceptors (Lipinski definition) is 2. The van der Waals surface area contributed by atoms with E-state index in [1.165, 1.54) is 76.5 Å². The van der Waals surface area contributed by atoms with Crippen LogP contribution in [-0.2, 0) is 6.42 Å². The Morgan fingerprint density at radius 2 is 1.07 bits per heavy atom. The molecule has 2 aromatic heterocycles. The Bertz CT molecular complexity index is 3590. The van der Waals surface area contributed by atoms with Crippen molar-refractivity contribution in [3.63, 3.8) is 0 Å². The zero-order valence-electron chi connectivity index (χ0n) is 32.1. The molecule has 0 saturated carbocycles. The molecular weight excluding hydrogens is 717 g/mol. The van der Waals surface area contributed by atoms with Crippen molar-refractivity contribution in [2.75, 3.05) is 0 Å². The maximum atomic E-state index is 5.83. The SMILES string of the molecule is c1ccc(C2=NC(c3ccc4c5ccccc5n(-c5ccccc5)c4c3)=NC3c4ccc5ccccc5c4-n4c5cc(ccc5c5cc6ccccc6cc54)CC23)cc1. The van der Waals surface area contributed by atoms with Gasteiger partial charge >= 0.3 is 0 Å². The molecule has 0 radical (unpaired) electrons. The van der Waals surface area contributed by atoms with Crippen LogP contribution in [0.5, 0.6) is 0 Å². The molecule has 0 spiro atoms. The van der Waals surface area contributed by atoms with E-state index in [-0.39, 0.29) is 12.0 Å². The molecule has 0 N–H and O–H groups in total. The summed E-state index contributed by atoms with van der Waals surface area (Å²) in [7, 11) is 0. The van der Waals surface area contributed by atoms with Crippen LogP contribution in [-0.4, -0.2) is 20.7 Å². The third-order valence-electron chi connectivity index (χ3n) is 12.9. The van der Waals surface area contributed by atoms with Crippen molar-refractivity contribution in [3.05, 3.63) is 216 Å². The average molecular weight is 753 g/mol. The smallest absolute Gasteiger partial charge is 0.155 e. The molecular formula is C55H36N4. The molecule has 0 saturated heterocycles. The third-order valence-corrected chi connectivity index (χ3v) is 12.9. The van der Waals surface area contributed by atoms with Gasteiger partial charge in [0.05, 0.1) is 39.5 Å². The van der Waals surface area contributed by atoms with Crippen molar-refractivity contribution < 1.29 is 0 Å². The highest BCUT2D eigenvalue weighted by molar-refractivity contribution is 6.19. The van der Waals surface area contributed by atoms with Gasteiger partial charge < -0.3 is 9.13 Å². The van der Waals surface area contributed by atoms with Gasteiger partial charge in [0, 0.05) is 49.7 Å². The minimum absolute atomic E-state index is 0.00490. The predicted octanol–water partition coefficient (Wildman–Crippen LogP) is 13.4. The maximum Gasteiger partial charge on any atom is 0.155 e. The Balaban J connectivity index is 1.12. The second kappa shape index (κ2) is 12.5. The summed E-state index contributed by atoms with van der Waals surface area (Å²) in [6.45, 7) is 0. The zero-order chi connectivity index (χ0) is 38.6. The number of fused-ring (bicyclic) bond motifs is 14. The van der Waals surface area contributed by atoms with Crippen LogP contribution in [0.3, 0.4) is 0 Å². The minimum Gasteiger partial charge on any atom is -0.309 e. The van der Waals surface area contributed by atoms with Crippen LogP contribution < -0.4 is 0 Å². The molecule has 0 aliphatic carbocycles. The first-order valence-corrected chi connectivity index (χ1v) is 20.5. The van der Waals surface area contributed by atoms with Crippen LogP contribution >= 0.6 is 0 Å². The fraction of sp³-hybridized carbons (Fsp3) is 0.0545. The van der Waals surface area contributed by atoms with Crippen LogP contribution in [0.1, 0.15) is 28.3 Å². The van der Waals surface area contributed by atoms with E-state index in [9.17, 15) is 0 Å². The van der Waals surface area contributed by atoms with Crippen molar-refractivity contribution in [2.24, 2.45) is 15.9 Å². The molecule has 2 atom stereocenters. The largest absolute Gasteiger partial charge is 0.309 e. The van der Waals surface area contributed by atoms with Gasteiger partial charge in [-0.3, -0.25) is 4.99 Å². The Kier molecular flexibility index (Phi) is 6.87. The Morgan fingerprint density at radius 1 is 0.424 bits per heavy atom. The van der Waals surface area contributed by atoms with Gasteiger partial charge in [-0.1, -0.05) is 152 Å². The summed E-state index contributed by atoms with van der Waals surface area (Å²) in [5, 5.41) is 9.89. The predicted molar refractivity (Wildman–Crippen MR) is 246 cm³/mol. The van der Waals surface area contributed by atoms with Crippen LogP contribution in [0.2, 0.25) is 0 Å². The summed E-state index contributed by atoms with van der Waals surface area (Å²) < 4.78 is 4.93. The molecule has 4 heterocycles. The van der Waals surface area contributed by atoms with Gasteiger partial charge in [0.1, 0.15) is 0 Å². The molecule has 2 bridgehead atoms. The van der Waals surface area contributed by atoms with Gasteiger partial charge in [0.2, 0.25) is 0 Å². The van der Waals surface area contributed by atoms with E-state index in [0.29, 0.717) is 0 Å². The molecule has 2 unspecified atom stereocenters. The zero-order valence-corrected chi connectivity index (χ0v) is 32.1. The Hall–Kier alpha value is -7.56. The standard InChI is InChI=1S/C55H36N4/c1-3-14-36(15-4-1)52-47-29-34-23-26-44-46-31-37-16-7-8-17-38(37)32-51(46)59(49(44)30-34)54-41-20-10-9-13-35(41)24-28-45(54)53(47)57-55(56-52)39-25-27-43-42-21-11-12-22-48(42)58(50(43)33-39)40-18-5-2-6-19-40/h1-28,30-33,47,53H,29H2. The van der Waals surface area contributed by atoms with E-state index < -0.39 is 0 Å². The number of amidine groups is 1. The van der Waals surface area contributed by atoms with Gasteiger partial charge in [-0.2, -0.15) is 0 Å². The molecule has 2 aliphatic heterocycles. The molecule has 0 fully saturated rings. The van der Waals surface area contributed by atoms with Crippen LogP contribution in [0.25, 0.3) is 76.5 Å². The molecule has 13 rings (SSSR count). The maximum absolute atomic E-state index is 5.83. The number of rotatable bonds is 3. The van der Waals surface area contributed by atoms with Gasteiger partial charge in [0.25, 0.3) is 0 Å². The monoisotopic (exact) mass is 752 g/mol. The first kappa shape index (κ1) is 32.5. The summed E-state index contributed by atoms with van der Waals surface area (Å²) in [5.41, 5.74) is 12.8. The van der Waals surface area contributed by atoms with Gasteiger partial charge in [-0.05, 0) is 76.2 Å². The number of aromatic nitrogens is 2. The summed E-state index contributed by atoms with van der Waals surface area (Å²) in [5.74, 6) is 0.755. The van der Waals surface area contributed by atoms with Crippen molar-refractivity contribution in [2.45, 2.75) is 12.5 Å². The number of hydrogen-bond donors (Lipinski definition) is 0. The molecule has 11 aromatic rings. The van der Waals surface area contributed by atoms with Crippen molar-refractivity contribution in [1.82, 2.24) is 9.13 Å². The molecule has 9 aromatic carbocycles. The lowest BCUT2D eigenvalue weighted by atomic mass is 9.80. The highest BCUT2D eigenvalue weighted by atomic mass is 15.0. The lowest BCUT2D eigenvalue weighted by Crippen LogP contribution is -2.30. The summed E-state index contributed by atoms with van der Waals surface area (Å²) in [6.07, 6.45) is 0.808. The normalized spacial score (nSPS) is 16.3. The van der Waals surface area contributed by atoms with Gasteiger partial charge in [-0.15, -0.1) is 0 Å². The fourth-order valence-corrected chi connectivity index (χ4v) is 10.2. The molecule has 276 valence electrons. The van der Waals surface area contributed by atoms with Crippen LogP contribution in [0, 0.1) is 5.92 Å². The summed E-state index contributed by atoms with van der Waals surface area (Å²) >= 11 is 0. The van der Waals surface area contributed by atoms with E-state index in [1.807, 2.05) is 0 Å². The van der Waals surface area contributed by atoms with E-state index in [0.717, 1.165) is 40.3 Å². The Labute approximate surface area is 340 Å². The quantitative estimate of drug-likeness (QED) is 0.172. The highest BCUT2D eigenvalue weighted by Crippen LogP contribution is 2.46. The molecule has 2 aliphatic rings. The second-order valence-electron chi connectivity index (χ2n) is 16.1. The summed E-state index contributed by atoms with van der Waals surface area (Å²) in [4.78, 5) is 11.4. The minimum atomic E-state index is -0.213. The van der Waals surface area contributed by atoms with Crippen molar-refractivity contribution in [1.29, 1.82) is 0 Å². The third kappa shape index (κ3) is 4.84. The van der Waals surface area contributed by atoms with Crippen LogP contribution in [0.4, 0.5) is 0 Å². The molecule has 59 heavy (non-hydrogen) atoms. The molecule has 4 nitrogen and oxygen atoms in total. The molecule has 0 amide bonds.